The molecule has 2 unspecified atom stereocenters. The van der Waals surface area contributed by atoms with E-state index in [1.54, 1.807) is 11.8 Å². The van der Waals surface area contributed by atoms with E-state index in [2.05, 4.69) is 10.3 Å². The number of aliphatic hydroxyl groups excluding tert-OH is 1. The molecule has 1 aliphatic rings. The molecule has 0 amide bonds. The van der Waals surface area contributed by atoms with Gasteiger partial charge in [0.1, 0.15) is 0 Å². The molecule has 2 atom stereocenters. The normalized spacial score (nSPS) is 22.2. The fourth-order valence-electron chi connectivity index (χ4n) is 2.21. The molecule has 1 fully saturated rings. The van der Waals surface area contributed by atoms with Gasteiger partial charge in [0.25, 0.3) is 0 Å². The first kappa shape index (κ1) is 14.6. The molecular formula is C12H25N3OS. The second kappa shape index (κ2) is 7.82. The molecule has 1 aliphatic carbocycles. The maximum atomic E-state index is 9.19. The predicted molar refractivity (Wildman–Crippen MR) is 75.5 cm³/mol. The number of nitrogens with one attached hydrogen (secondary N) is 1. The van der Waals surface area contributed by atoms with Gasteiger partial charge in [0.05, 0.1) is 12.6 Å². The number of nitrogens with zero attached hydrogens (tertiary/aromatic N) is 1. The Bertz CT molecular complexity index is 238. The molecule has 17 heavy (non-hydrogen) atoms. The summed E-state index contributed by atoms with van der Waals surface area (Å²) in [4.78, 5) is 4.52. The third-order valence-electron chi connectivity index (χ3n) is 3.31. The van der Waals surface area contributed by atoms with E-state index in [4.69, 9.17) is 5.73 Å². The minimum absolute atomic E-state index is 0.141. The van der Waals surface area contributed by atoms with Crippen LogP contribution in [0.15, 0.2) is 4.99 Å². The van der Waals surface area contributed by atoms with Crippen molar-refractivity contribution >= 4 is 17.7 Å². The van der Waals surface area contributed by atoms with Crippen LogP contribution in [-0.4, -0.2) is 41.3 Å². The number of aliphatic hydroxyl groups is 1. The lowest BCUT2D eigenvalue weighted by atomic mass is 9.96. The van der Waals surface area contributed by atoms with E-state index in [-0.39, 0.29) is 17.9 Å². The summed E-state index contributed by atoms with van der Waals surface area (Å²) < 4.78 is 0. The first-order valence-electron chi connectivity index (χ1n) is 6.40. The number of hydrogen-bond acceptors (Lipinski definition) is 3. The summed E-state index contributed by atoms with van der Waals surface area (Å²) in [6.45, 7) is 2.19. The highest BCUT2D eigenvalue weighted by molar-refractivity contribution is 7.99. The molecule has 1 saturated carbocycles. The quantitative estimate of drug-likeness (QED) is 0.515. The largest absolute Gasteiger partial charge is 0.395 e. The fraction of sp³-hybridized carbons (Fsp3) is 0.917. The molecule has 0 aromatic heterocycles. The van der Waals surface area contributed by atoms with Crippen LogP contribution in [0.5, 0.6) is 0 Å². The fourth-order valence-corrected chi connectivity index (χ4v) is 2.83. The third-order valence-corrected chi connectivity index (χ3v) is 4.48. The van der Waals surface area contributed by atoms with Crippen LogP contribution >= 0.6 is 11.8 Å². The molecule has 0 bridgehead atoms. The summed E-state index contributed by atoms with van der Waals surface area (Å²) in [7, 11) is 0. The van der Waals surface area contributed by atoms with Gasteiger partial charge in [-0.1, -0.05) is 19.3 Å². The zero-order valence-electron chi connectivity index (χ0n) is 10.9. The second-order valence-corrected chi connectivity index (χ2v) is 5.77. The minimum atomic E-state index is 0.141. The van der Waals surface area contributed by atoms with Crippen molar-refractivity contribution in [1.82, 2.24) is 5.32 Å². The number of rotatable bonds is 5. The van der Waals surface area contributed by atoms with Crippen molar-refractivity contribution in [2.24, 2.45) is 10.7 Å². The summed E-state index contributed by atoms with van der Waals surface area (Å²) in [6.07, 6.45) is 8.16. The smallest absolute Gasteiger partial charge is 0.189 e. The Morgan fingerprint density at radius 3 is 2.65 bits per heavy atom. The predicted octanol–water partition coefficient (Wildman–Crippen LogP) is 1.34. The van der Waals surface area contributed by atoms with Crippen LogP contribution in [0.3, 0.4) is 0 Å². The molecule has 0 spiro atoms. The molecule has 0 radical (unpaired) electrons. The van der Waals surface area contributed by atoms with Crippen LogP contribution in [0, 0.1) is 0 Å². The van der Waals surface area contributed by atoms with Gasteiger partial charge in [0.2, 0.25) is 0 Å². The summed E-state index contributed by atoms with van der Waals surface area (Å²) in [5.41, 5.74) is 5.90. The van der Waals surface area contributed by atoms with Crippen molar-refractivity contribution in [3.63, 3.8) is 0 Å². The standard InChI is InChI=1S/C12H25N3OS/c1-9(11(8-16)17-2)14-12(13)15-10-6-4-3-5-7-10/h9-11,16H,3-8H2,1-2H3,(H3,13,14,15). The minimum Gasteiger partial charge on any atom is -0.395 e. The third kappa shape index (κ3) is 5.17. The zero-order valence-corrected chi connectivity index (χ0v) is 11.7. The lowest BCUT2D eigenvalue weighted by molar-refractivity contribution is 0.281. The van der Waals surface area contributed by atoms with Crippen LogP contribution < -0.4 is 11.1 Å². The second-order valence-electron chi connectivity index (χ2n) is 4.70. The number of hydrogen-bond donors (Lipinski definition) is 3. The van der Waals surface area contributed by atoms with Gasteiger partial charge < -0.3 is 16.2 Å². The number of aliphatic imine (C=N–C) groups is 1. The van der Waals surface area contributed by atoms with Gasteiger partial charge in [-0.15, -0.1) is 0 Å². The van der Waals surface area contributed by atoms with Crippen molar-refractivity contribution < 1.29 is 5.11 Å². The Labute approximate surface area is 108 Å². The van der Waals surface area contributed by atoms with Gasteiger partial charge in [0.15, 0.2) is 5.96 Å². The summed E-state index contributed by atoms with van der Waals surface area (Å²) in [6, 6.07) is 0.535. The first-order valence-corrected chi connectivity index (χ1v) is 7.69. The Hall–Kier alpha value is -0.420. The number of nitrogens with two attached hydrogens (primary N) is 1. The molecule has 0 aromatic carbocycles. The maximum Gasteiger partial charge on any atom is 0.189 e. The number of thioether (sulfide) groups is 1. The molecule has 4 nitrogen and oxygen atoms in total. The van der Waals surface area contributed by atoms with Gasteiger partial charge in [0, 0.05) is 11.3 Å². The van der Waals surface area contributed by atoms with Crippen LogP contribution in [0.1, 0.15) is 39.0 Å². The van der Waals surface area contributed by atoms with E-state index in [0.29, 0.717) is 12.0 Å². The first-order chi connectivity index (χ1) is 8.17. The topological polar surface area (TPSA) is 70.6 Å². The zero-order chi connectivity index (χ0) is 12.7. The molecule has 0 aliphatic heterocycles. The Morgan fingerprint density at radius 2 is 2.12 bits per heavy atom. The lowest BCUT2D eigenvalue weighted by Gasteiger charge is -2.23. The van der Waals surface area contributed by atoms with E-state index in [1.165, 1.54) is 19.3 Å². The average Bonchev–Trinajstić information content (AvgIpc) is 2.31. The van der Waals surface area contributed by atoms with E-state index >= 15 is 0 Å². The van der Waals surface area contributed by atoms with Crippen molar-refractivity contribution in [1.29, 1.82) is 0 Å². The molecule has 0 aromatic rings. The van der Waals surface area contributed by atoms with E-state index in [9.17, 15) is 5.11 Å². The molecule has 1 rings (SSSR count). The molecule has 0 heterocycles. The van der Waals surface area contributed by atoms with Crippen LogP contribution in [-0.2, 0) is 0 Å². The van der Waals surface area contributed by atoms with Crippen molar-refractivity contribution in [3.8, 4) is 0 Å². The molecule has 5 heteroatoms. The van der Waals surface area contributed by atoms with Gasteiger partial charge in [-0.2, -0.15) is 11.8 Å². The Morgan fingerprint density at radius 1 is 1.47 bits per heavy atom. The Balaban J connectivity index is 2.40. The number of guanidine groups is 1. The SMILES string of the molecule is CSC(CO)C(C)NC(N)=NC1CCCCC1. The van der Waals surface area contributed by atoms with Crippen molar-refractivity contribution in [2.75, 3.05) is 12.9 Å². The highest BCUT2D eigenvalue weighted by Gasteiger charge is 2.17. The van der Waals surface area contributed by atoms with Crippen molar-refractivity contribution in [2.45, 2.75) is 56.4 Å². The maximum absolute atomic E-state index is 9.19. The van der Waals surface area contributed by atoms with Crippen LogP contribution in [0.25, 0.3) is 0 Å². The van der Waals surface area contributed by atoms with Crippen molar-refractivity contribution in [3.05, 3.63) is 0 Å². The van der Waals surface area contributed by atoms with Gasteiger partial charge in [-0.05, 0) is 26.0 Å². The van der Waals surface area contributed by atoms with E-state index in [1.807, 2.05) is 13.2 Å². The van der Waals surface area contributed by atoms with E-state index in [0.717, 1.165) is 12.8 Å². The van der Waals surface area contributed by atoms with Crippen LogP contribution in [0.4, 0.5) is 0 Å². The summed E-state index contributed by atoms with van der Waals surface area (Å²) in [5, 5.41) is 12.5. The molecule has 4 N–H and O–H groups in total. The van der Waals surface area contributed by atoms with Crippen LogP contribution in [0.2, 0.25) is 0 Å². The molecular weight excluding hydrogens is 234 g/mol. The van der Waals surface area contributed by atoms with Gasteiger partial charge >= 0.3 is 0 Å². The highest BCUT2D eigenvalue weighted by atomic mass is 32.2. The van der Waals surface area contributed by atoms with Gasteiger partial charge in [-0.3, -0.25) is 4.99 Å². The summed E-state index contributed by atoms with van der Waals surface area (Å²) >= 11 is 1.64. The monoisotopic (exact) mass is 259 g/mol. The summed E-state index contributed by atoms with van der Waals surface area (Å²) in [5.74, 6) is 0.525. The Kier molecular flexibility index (Phi) is 6.73. The molecule has 0 saturated heterocycles. The molecule has 100 valence electrons. The average molecular weight is 259 g/mol. The lowest BCUT2D eigenvalue weighted by Crippen LogP contribution is -2.45. The van der Waals surface area contributed by atoms with Gasteiger partial charge in [-0.25, -0.2) is 0 Å². The van der Waals surface area contributed by atoms with E-state index < -0.39 is 0 Å². The highest BCUT2D eigenvalue weighted by Crippen LogP contribution is 2.20.